The third kappa shape index (κ3) is 26.4. The Hall–Kier alpha value is -6.77. The predicted molar refractivity (Wildman–Crippen MR) is 242 cm³/mol. The maximum Gasteiger partial charge on any atom is 0.407 e. The van der Waals surface area contributed by atoms with Crippen molar-refractivity contribution < 1.29 is 97.7 Å². The molecule has 0 aromatic heterocycles. The van der Waals surface area contributed by atoms with Crippen molar-refractivity contribution in [1.82, 2.24) is 26.6 Å². The van der Waals surface area contributed by atoms with Crippen LogP contribution in [0.3, 0.4) is 0 Å². The summed E-state index contributed by atoms with van der Waals surface area (Å²) in [5.74, 6) is -15.9. The molecule has 6 atom stereocenters. The molecule has 1 rings (SSSR count). The summed E-state index contributed by atoms with van der Waals surface area (Å²) >= 11 is 0. The summed E-state index contributed by atoms with van der Waals surface area (Å²) in [5.41, 5.74) is 0.539. The van der Waals surface area contributed by atoms with Gasteiger partial charge in [0.15, 0.2) is 11.6 Å². The number of hydrogen-bond acceptors (Lipinski definition) is 16. The molecule has 5 amide bonds. The molecule has 1 aromatic carbocycles. The minimum absolute atomic E-state index is 0.0699. The molecule has 69 heavy (non-hydrogen) atoms. The van der Waals surface area contributed by atoms with E-state index >= 15 is 0 Å². The van der Waals surface area contributed by atoms with Gasteiger partial charge in [-0.1, -0.05) is 65.8 Å². The SMILES string of the molecule is CC(C)C(=O)CNC(=O)OCCSSC[C@H](CC(=O)[C@H](Cc1ccccc1)NC(=O)[C@H](CC(=O)O)CC(=O)CC[C@H](NC(=O)CC[C@H](NC(=O)N[C@@H](CCC(=O)O)C(=O)O)C(=O)O)C(=O)O)C(=O)O. The molecule has 27 heteroatoms. The van der Waals surface area contributed by atoms with E-state index in [1.54, 1.807) is 44.2 Å². The molecule has 25 nitrogen and oxygen atoms in total. The van der Waals surface area contributed by atoms with E-state index in [1.165, 1.54) is 0 Å². The standard InChI is InChI=1S/C42H57N5O20S2/c1-22(2)32(50)20-43-42(66)67-14-15-68-69-21-25(37(57)58)18-31(49)30(16-23-6-4-3-5-7-23)45-36(56)24(19-35(54)55)17-26(48)8-9-27(38(59)60)44-33(51)12-10-28(39(61)62)46-41(65)47-29(40(63)64)11-13-34(52)53/h3-7,22,24-25,27-30H,8-21H2,1-2H3,(H,43,66)(H,44,51)(H,45,56)(H,52,53)(H,54,55)(H,57,58)(H,59,60)(H,61,62)(H,63,64)(H2,46,47,65)/t24-,25-,27-,28-,29-,30-/m0/s1. The Morgan fingerprint density at radius 2 is 1.14 bits per heavy atom. The van der Waals surface area contributed by atoms with Gasteiger partial charge in [0, 0.05) is 49.5 Å². The number of rotatable bonds is 36. The third-order valence-corrected chi connectivity index (χ3v) is 12.2. The van der Waals surface area contributed by atoms with Crippen molar-refractivity contribution in [2.24, 2.45) is 17.8 Å². The minimum atomic E-state index is -1.80. The van der Waals surface area contributed by atoms with Crippen LogP contribution in [0, 0.1) is 17.8 Å². The van der Waals surface area contributed by atoms with Crippen molar-refractivity contribution in [2.75, 3.05) is 24.7 Å². The van der Waals surface area contributed by atoms with E-state index in [0.717, 1.165) is 21.6 Å². The highest BCUT2D eigenvalue weighted by Gasteiger charge is 2.33. The van der Waals surface area contributed by atoms with Crippen molar-refractivity contribution in [1.29, 1.82) is 0 Å². The summed E-state index contributed by atoms with van der Waals surface area (Å²) in [7, 11) is 2.23. The van der Waals surface area contributed by atoms with Crippen LogP contribution in [0.15, 0.2) is 30.3 Å². The van der Waals surface area contributed by atoms with E-state index in [4.69, 9.17) is 9.84 Å². The van der Waals surface area contributed by atoms with Crippen LogP contribution in [0.25, 0.3) is 0 Å². The van der Waals surface area contributed by atoms with Crippen molar-refractivity contribution in [3.63, 3.8) is 0 Å². The average Bonchev–Trinajstić information content (AvgIpc) is 3.26. The molecule has 0 saturated carbocycles. The number of carboxylic acids is 6. The van der Waals surface area contributed by atoms with Crippen LogP contribution in [0.4, 0.5) is 9.59 Å². The normalized spacial score (nSPS) is 13.4. The van der Waals surface area contributed by atoms with E-state index in [1.807, 2.05) is 10.6 Å². The summed E-state index contributed by atoms with van der Waals surface area (Å²) < 4.78 is 4.99. The number of ketones is 3. The number of aliphatic carboxylic acids is 6. The second-order valence-electron chi connectivity index (χ2n) is 15.6. The fourth-order valence-corrected chi connectivity index (χ4v) is 7.98. The zero-order valence-electron chi connectivity index (χ0n) is 37.5. The molecule has 0 unspecified atom stereocenters. The lowest BCUT2D eigenvalue weighted by atomic mass is 9.92. The number of Topliss-reactive ketones (excluding diaryl/α,β-unsaturated/α-hetero) is 3. The van der Waals surface area contributed by atoms with Crippen LogP contribution in [0.2, 0.25) is 0 Å². The van der Waals surface area contributed by atoms with E-state index in [2.05, 4.69) is 16.0 Å². The predicted octanol–water partition coefficient (Wildman–Crippen LogP) is 0.957. The maximum atomic E-state index is 13.7. The van der Waals surface area contributed by atoms with Crippen LogP contribution in [0.1, 0.15) is 77.2 Å². The van der Waals surface area contributed by atoms with Gasteiger partial charge in [-0.2, -0.15) is 0 Å². The van der Waals surface area contributed by atoms with Crippen LogP contribution in [-0.2, 0) is 63.9 Å². The lowest BCUT2D eigenvalue weighted by Crippen LogP contribution is -2.51. The Bertz CT molecular complexity index is 2000. The molecule has 0 bridgehead atoms. The van der Waals surface area contributed by atoms with Crippen molar-refractivity contribution in [2.45, 2.75) is 102 Å². The molecule has 382 valence electrons. The smallest absolute Gasteiger partial charge is 0.407 e. The van der Waals surface area contributed by atoms with Gasteiger partial charge >= 0.3 is 47.9 Å². The zero-order chi connectivity index (χ0) is 52.2. The molecular formula is C42H57N5O20S2. The van der Waals surface area contributed by atoms with Crippen LogP contribution in [0.5, 0.6) is 0 Å². The molecule has 0 heterocycles. The first kappa shape index (κ1) is 60.2. The fourth-order valence-electron chi connectivity index (χ4n) is 5.85. The number of nitrogens with one attached hydrogen (secondary N) is 5. The highest BCUT2D eigenvalue weighted by molar-refractivity contribution is 8.76. The van der Waals surface area contributed by atoms with Gasteiger partial charge in [0.25, 0.3) is 0 Å². The quantitative estimate of drug-likeness (QED) is 0.0329. The first-order chi connectivity index (χ1) is 32.4. The molecule has 0 aliphatic carbocycles. The highest BCUT2D eigenvalue weighted by atomic mass is 33.1. The van der Waals surface area contributed by atoms with Crippen LogP contribution >= 0.6 is 21.6 Å². The van der Waals surface area contributed by atoms with Gasteiger partial charge in [0.1, 0.15) is 30.5 Å². The van der Waals surface area contributed by atoms with E-state index in [0.29, 0.717) is 5.56 Å². The number of carboxylic acid groups (broad SMARTS) is 6. The average molecular weight is 1020 g/mol. The molecule has 1 aromatic rings. The summed E-state index contributed by atoms with van der Waals surface area (Å²) in [6, 6.07) is 0.269. The largest absolute Gasteiger partial charge is 0.481 e. The zero-order valence-corrected chi connectivity index (χ0v) is 39.2. The van der Waals surface area contributed by atoms with Gasteiger partial charge in [0.2, 0.25) is 11.8 Å². The van der Waals surface area contributed by atoms with Gasteiger partial charge < -0.3 is 62.0 Å². The highest BCUT2D eigenvalue weighted by Crippen LogP contribution is 2.26. The Balaban J connectivity index is 2.94. The van der Waals surface area contributed by atoms with E-state index < -0.39 is 165 Å². The number of benzene rings is 1. The van der Waals surface area contributed by atoms with Crippen molar-refractivity contribution in [3.05, 3.63) is 35.9 Å². The van der Waals surface area contributed by atoms with E-state index in [9.17, 15) is 87.9 Å². The summed E-state index contributed by atoms with van der Waals surface area (Å²) in [6.45, 7) is 3.08. The van der Waals surface area contributed by atoms with Gasteiger partial charge in [0.05, 0.1) is 30.8 Å². The monoisotopic (exact) mass is 1020 g/mol. The molecule has 11 N–H and O–H groups in total. The Kier molecular flexibility index (Phi) is 28.0. The van der Waals surface area contributed by atoms with Gasteiger partial charge in [-0.05, 0) is 31.2 Å². The number of ether oxygens (including phenoxy) is 1. The number of carbonyl (C=O) groups is 13. The molecule has 0 saturated heterocycles. The summed E-state index contributed by atoms with van der Waals surface area (Å²) in [5, 5.41) is 67.4. The summed E-state index contributed by atoms with van der Waals surface area (Å²) in [6.07, 6.45) is -6.90. The maximum absolute atomic E-state index is 13.7. The number of alkyl carbamates (subject to hydrolysis) is 1. The lowest BCUT2D eigenvalue weighted by Gasteiger charge is -2.23. The molecule has 0 spiro atoms. The number of urea groups is 1. The van der Waals surface area contributed by atoms with Gasteiger partial charge in [-0.25, -0.2) is 24.0 Å². The first-order valence-electron chi connectivity index (χ1n) is 21.2. The molecule has 0 aliphatic heterocycles. The Morgan fingerprint density at radius 3 is 1.68 bits per heavy atom. The summed E-state index contributed by atoms with van der Waals surface area (Å²) in [4.78, 5) is 159. The van der Waals surface area contributed by atoms with Crippen LogP contribution < -0.4 is 26.6 Å². The molecule has 0 aliphatic rings. The lowest BCUT2D eigenvalue weighted by molar-refractivity contribution is -0.144. The first-order valence-corrected chi connectivity index (χ1v) is 23.7. The Morgan fingerprint density at radius 1 is 0.580 bits per heavy atom. The number of carbonyl (C=O) groups excluding carboxylic acids is 7. The van der Waals surface area contributed by atoms with Crippen molar-refractivity contribution in [3.8, 4) is 0 Å². The number of hydrogen-bond donors (Lipinski definition) is 11. The van der Waals surface area contributed by atoms with Crippen LogP contribution in [-0.4, -0.2) is 157 Å². The third-order valence-electron chi connectivity index (χ3n) is 9.71. The molecular weight excluding hydrogens is 959 g/mol. The second kappa shape index (κ2) is 32.1. The fraction of sp³-hybridized carbons (Fsp3) is 0.548. The molecule has 0 fully saturated rings. The van der Waals surface area contributed by atoms with E-state index in [-0.39, 0.29) is 42.8 Å². The van der Waals surface area contributed by atoms with Crippen molar-refractivity contribution >= 4 is 98.7 Å². The molecule has 0 radical (unpaired) electrons. The van der Waals surface area contributed by atoms with Gasteiger partial charge in [-0.3, -0.25) is 38.4 Å². The number of amides is 5. The topological polar surface area (TPSA) is 413 Å². The van der Waals surface area contributed by atoms with Gasteiger partial charge in [-0.15, -0.1) is 0 Å². The second-order valence-corrected chi connectivity index (χ2v) is 18.2. The Labute approximate surface area is 402 Å². The minimum Gasteiger partial charge on any atom is -0.481 e.